The van der Waals surface area contributed by atoms with Gasteiger partial charge >= 0.3 is 0 Å². The molecule has 122 valence electrons. The summed E-state index contributed by atoms with van der Waals surface area (Å²) in [5.41, 5.74) is 2.99. The number of rotatable bonds is 6. The molecule has 0 spiro atoms. The van der Waals surface area contributed by atoms with Crippen LogP contribution >= 0.6 is 0 Å². The molecule has 1 N–H and O–H groups in total. The molecular weight excluding hydrogens is 268 g/mol. The normalized spacial score (nSPS) is 22.8. The van der Waals surface area contributed by atoms with Crippen LogP contribution in [0.3, 0.4) is 0 Å². The van der Waals surface area contributed by atoms with Crippen molar-refractivity contribution < 1.29 is 0 Å². The van der Waals surface area contributed by atoms with Crippen LogP contribution in [0.4, 0.5) is 0 Å². The standard InChI is InChI=1S/C20H32N2/c1-6-10-17-15(5)19(22(11-7-2)12-8-3)13-16-14-21-18(9-4)20(16)17/h6,9-10,14-15,19,21H,7-8,11-13H2,1-5H3/b10-6-,18-9+/t15?,19-/m1/s1. The summed E-state index contributed by atoms with van der Waals surface area (Å²) in [4.78, 5) is 6.18. The maximum Gasteiger partial charge on any atom is 0.0416 e. The Morgan fingerprint density at radius 2 is 1.91 bits per heavy atom. The Morgan fingerprint density at radius 3 is 2.45 bits per heavy atom. The summed E-state index contributed by atoms with van der Waals surface area (Å²) >= 11 is 0. The average Bonchev–Trinajstić information content (AvgIpc) is 2.92. The molecule has 2 nitrogen and oxygen atoms in total. The highest BCUT2D eigenvalue weighted by molar-refractivity contribution is 5.62. The van der Waals surface area contributed by atoms with E-state index in [1.54, 1.807) is 0 Å². The van der Waals surface area contributed by atoms with Crippen molar-refractivity contribution in [3.05, 3.63) is 34.5 Å². The van der Waals surface area contributed by atoms with Gasteiger partial charge in [-0.1, -0.05) is 39.0 Å². The van der Waals surface area contributed by atoms with Crippen molar-refractivity contribution in [3.63, 3.8) is 0 Å². The Balaban J connectivity index is 2.50. The van der Waals surface area contributed by atoms with Crippen LogP contribution in [0.15, 0.2) is 18.3 Å². The van der Waals surface area contributed by atoms with Crippen molar-refractivity contribution in [2.24, 2.45) is 5.92 Å². The molecule has 0 saturated carbocycles. The predicted molar refractivity (Wildman–Crippen MR) is 97.2 cm³/mol. The van der Waals surface area contributed by atoms with Gasteiger partial charge in [-0.15, -0.1) is 0 Å². The molecule has 0 aromatic carbocycles. The van der Waals surface area contributed by atoms with Crippen LogP contribution in [-0.4, -0.2) is 29.0 Å². The van der Waals surface area contributed by atoms with E-state index >= 15 is 0 Å². The number of aromatic amines is 1. The van der Waals surface area contributed by atoms with Gasteiger partial charge in [-0.25, -0.2) is 0 Å². The highest BCUT2D eigenvalue weighted by atomic mass is 15.2. The molecule has 1 aliphatic rings. The summed E-state index contributed by atoms with van der Waals surface area (Å²) < 4.78 is 0. The van der Waals surface area contributed by atoms with E-state index in [0.717, 1.165) is 0 Å². The molecule has 1 aromatic heterocycles. The summed E-state index contributed by atoms with van der Waals surface area (Å²) in [5, 5.41) is 2.74. The first-order valence-electron chi connectivity index (χ1n) is 8.91. The van der Waals surface area contributed by atoms with Gasteiger partial charge in [-0.2, -0.15) is 0 Å². The van der Waals surface area contributed by atoms with Gasteiger partial charge in [0.05, 0.1) is 0 Å². The minimum absolute atomic E-state index is 0.580. The number of H-pyrrole nitrogens is 1. The van der Waals surface area contributed by atoms with Crippen LogP contribution in [0.1, 0.15) is 53.0 Å². The molecule has 2 rings (SSSR count). The number of aromatic nitrogens is 1. The minimum atomic E-state index is 0.580. The third-order valence-corrected chi connectivity index (χ3v) is 4.90. The smallest absolute Gasteiger partial charge is 0.0416 e. The summed E-state index contributed by atoms with van der Waals surface area (Å²) in [6.45, 7) is 13.7. The van der Waals surface area contributed by atoms with Crippen LogP contribution in [0, 0.1) is 5.92 Å². The van der Waals surface area contributed by atoms with Crippen molar-refractivity contribution in [2.45, 2.75) is 59.9 Å². The second-order valence-electron chi connectivity index (χ2n) is 6.44. The molecule has 1 aromatic rings. The third kappa shape index (κ3) is 3.22. The van der Waals surface area contributed by atoms with Crippen LogP contribution in [0.2, 0.25) is 0 Å². The predicted octanol–water partition coefficient (Wildman–Crippen LogP) is 3.22. The molecule has 0 amide bonds. The number of nitrogens with zero attached hydrogens (tertiary/aromatic N) is 1. The van der Waals surface area contributed by atoms with E-state index in [9.17, 15) is 0 Å². The maximum atomic E-state index is 3.47. The van der Waals surface area contributed by atoms with Crippen molar-refractivity contribution >= 4 is 11.6 Å². The number of hydrogen-bond donors (Lipinski definition) is 1. The van der Waals surface area contributed by atoms with E-state index in [0.29, 0.717) is 12.0 Å². The first-order chi connectivity index (χ1) is 10.7. The van der Waals surface area contributed by atoms with E-state index in [1.807, 2.05) is 0 Å². The molecule has 0 saturated heterocycles. The van der Waals surface area contributed by atoms with Gasteiger partial charge in [0.25, 0.3) is 0 Å². The topological polar surface area (TPSA) is 19.0 Å². The zero-order valence-corrected chi connectivity index (χ0v) is 14.9. The number of fused-ring (bicyclic) bond motifs is 1. The Morgan fingerprint density at radius 1 is 1.23 bits per heavy atom. The molecule has 0 bridgehead atoms. The summed E-state index contributed by atoms with van der Waals surface area (Å²) in [7, 11) is 0. The average molecular weight is 300 g/mol. The summed E-state index contributed by atoms with van der Waals surface area (Å²) in [6, 6.07) is 0.624. The summed E-state index contributed by atoms with van der Waals surface area (Å²) in [6.07, 6.45) is 12.6. The molecule has 2 heteroatoms. The highest BCUT2D eigenvalue weighted by Crippen LogP contribution is 2.27. The van der Waals surface area contributed by atoms with E-state index in [1.165, 1.54) is 54.1 Å². The number of allylic oxidation sites excluding steroid dienone is 2. The largest absolute Gasteiger partial charge is 0.361 e. The van der Waals surface area contributed by atoms with Crippen molar-refractivity contribution in [1.29, 1.82) is 0 Å². The van der Waals surface area contributed by atoms with E-state index in [-0.39, 0.29) is 0 Å². The highest BCUT2D eigenvalue weighted by Gasteiger charge is 2.30. The first kappa shape index (κ1) is 17.1. The van der Waals surface area contributed by atoms with Gasteiger partial charge in [0.15, 0.2) is 0 Å². The van der Waals surface area contributed by atoms with E-state index < -0.39 is 0 Å². The molecular formula is C20H32N2. The summed E-state index contributed by atoms with van der Waals surface area (Å²) in [5.74, 6) is 0.580. The number of hydrogen-bond acceptors (Lipinski definition) is 1. The van der Waals surface area contributed by atoms with Gasteiger partial charge in [0, 0.05) is 22.8 Å². The Labute approximate surface area is 135 Å². The zero-order valence-electron chi connectivity index (χ0n) is 14.9. The van der Waals surface area contributed by atoms with Gasteiger partial charge in [-0.3, -0.25) is 4.90 Å². The third-order valence-electron chi connectivity index (χ3n) is 4.90. The fourth-order valence-corrected chi connectivity index (χ4v) is 3.93. The Kier molecular flexibility index (Phi) is 6.07. The van der Waals surface area contributed by atoms with Crippen molar-refractivity contribution in [1.82, 2.24) is 9.88 Å². The minimum Gasteiger partial charge on any atom is -0.361 e. The van der Waals surface area contributed by atoms with Crippen molar-refractivity contribution in [3.8, 4) is 0 Å². The van der Waals surface area contributed by atoms with Crippen molar-refractivity contribution in [2.75, 3.05) is 13.1 Å². The maximum absolute atomic E-state index is 3.47. The van der Waals surface area contributed by atoms with Gasteiger partial charge in [0.2, 0.25) is 0 Å². The second-order valence-corrected chi connectivity index (χ2v) is 6.44. The van der Waals surface area contributed by atoms with Crippen LogP contribution in [0.25, 0.3) is 11.6 Å². The lowest BCUT2D eigenvalue weighted by atomic mass is 9.81. The second kappa shape index (κ2) is 7.82. The molecule has 1 unspecified atom stereocenters. The zero-order chi connectivity index (χ0) is 16.1. The van der Waals surface area contributed by atoms with Crippen LogP contribution < -0.4 is 10.6 Å². The molecule has 1 heterocycles. The molecule has 22 heavy (non-hydrogen) atoms. The Hall–Kier alpha value is -1.28. The fraction of sp³-hybridized carbons (Fsp3) is 0.600. The molecule has 1 aliphatic carbocycles. The SMILES string of the molecule is C/C=C\C1=c2c(c[nH]/c2=C/C)C[C@@H](N(CCC)CCC)C1C. The van der Waals surface area contributed by atoms with Crippen LogP contribution in [-0.2, 0) is 6.42 Å². The fourth-order valence-electron chi connectivity index (χ4n) is 3.93. The monoisotopic (exact) mass is 300 g/mol. The van der Waals surface area contributed by atoms with Gasteiger partial charge in [0.1, 0.15) is 0 Å². The molecule has 0 fully saturated rings. The van der Waals surface area contributed by atoms with Crippen LogP contribution in [0.5, 0.6) is 0 Å². The molecule has 0 radical (unpaired) electrons. The Bertz CT molecular complexity index is 615. The first-order valence-corrected chi connectivity index (χ1v) is 8.91. The number of nitrogens with one attached hydrogen (secondary N) is 1. The van der Waals surface area contributed by atoms with Gasteiger partial charge in [-0.05, 0) is 63.3 Å². The lowest BCUT2D eigenvalue weighted by Crippen LogP contribution is -2.48. The lowest BCUT2D eigenvalue weighted by molar-refractivity contribution is 0.164. The van der Waals surface area contributed by atoms with E-state index in [4.69, 9.17) is 0 Å². The van der Waals surface area contributed by atoms with E-state index in [2.05, 4.69) is 68.9 Å². The lowest BCUT2D eigenvalue weighted by Gasteiger charge is -2.38. The molecule has 0 aliphatic heterocycles. The molecule has 2 atom stereocenters. The quantitative estimate of drug-likeness (QED) is 0.854. The van der Waals surface area contributed by atoms with Gasteiger partial charge < -0.3 is 4.98 Å².